The normalized spacial score (nSPS) is 12.8. The molecule has 0 aliphatic rings. The zero-order valence-corrected chi connectivity index (χ0v) is 9.50. The number of rotatable bonds is 4. The van der Waals surface area contributed by atoms with E-state index in [9.17, 15) is 27.2 Å². The topological polar surface area (TPSA) is 72.2 Å². The van der Waals surface area contributed by atoms with Gasteiger partial charge in [0.2, 0.25) is 11.8 Å². The minimum Gasteiger partial charge on any atom is -0.368 e. The van der Waals surface area contributed by atoms with Gasteiger partial charge in [-0.2, -0.15) is 13.2 Å². The second-order valence-corrected chi connectivity index (χ2v) is 3.75. The van der Waals surface area contributed by atoms with Gasteiger partial charge in [-0.1, -0.05) is 12.1 Å². The molecule has 0 saturated heterocycles. The predicted octanol–water partition coefficient (Wildman–Crippen LogP) is 1.42. The lowest BCUT2D eigenvalue weighted by atomic mass is 10.1. The van der Waals surface area contributed by atoms with Gasteiger partial charge in [0.05, 0.1) is 0 Å². The molecule has 8 heteroatoms. The highest BCUT2D eigenvalue weighted by atomic mass is 19.4. The summed E-state index contributed by atoms with van der Waals surface area (Å²) in [6, 6.07) is 2.87. The van der Waals surface area contributed by atoms with Crippen LogP contribution < -0.4 is 11.1 Å². The Hall–Kier alpha value is -2.12. The van der Waals surface area contributed by atoms with Crippen LogP contribution in [-0.2, 0) is 9.59 Å². The van der Waals surface area contributed by atoms with Crippen LogP contribution in [0.5, 0.6) is 0 Å². The molecule has 0 spiro atoms. The quantitative estimate of drug-likeness (QED) is 0.818. The maximum atomic E-state index is 12.7. The van der Waals surface area contributed by atoms with E-state index >= 15 is 0 Å². The number of nitrogens with two attached hydrogens (primary N) is 1. The van der Waals surface area contributed by atoms with Gasteiger partial charge in [0, 0.05) is 0 Å². The zero-order valence-electron chi connectivity index (χ0n) is 9.50. The van der Waals surface area contributed by atoms with Crippen molar-refractivity contribution in [3.63, 3.8) is 0 Å². The molecule has 1 aromatic rings. The first-order chi connectivity index (χ1) is 8.69. The number of nitrogens with one attached hydrogen (secondary N) is 1. The van der Waals surface area contributed by atoms with Gasteiger partial charge >= 0.3 is 6.18 Å². The van der Waals surface area contributed by atoms with Gasteiger partial charge in [0.15, 0.2) is 0 Å². The van der Waals surface area contributed by atoms with Crippen LogP contribution in [0, 0.1) is 5.82 Å². The summed E-state index contributed by atoms with van der Waals surface area (Å²) in [6.07, 6.45) is -6.41. The van der Waals surface area contributed by atoms with Crippen LogP contribution in [-0.4, -0.2) is 18.0 Å². The smallest absolute Gasteiger partial charge is 0.368 e. The third-order valence-electron chi connectivity index (χ3n) is 2.15. The molecule has 0 heterocycles. The summed E-state index contributed by atoms with van der Waals surface area (Å²) in [5.74, 6) is -3.02. The van der Waals surface area contributed by atoms with Gasteiger partial charge in [-0.15, -0.1) is 0 Å². The lowest BCUT2D eigenvalue weighted by molar-refractivity contribution is -0.155. The summed E-state index contributed by atoms with van der Waals surface area (Å²) in [5, 5.41) is 1.85. The van der Waals surface area contributed by atoms with Crippen molar-refractivity contribution in [2.75, 3.05) is 0 Å². The van der Waals surface area contributed by atoms with Crippen molar-refractivity contribution in [3.8, 4) is 0 Å². The Morgan fingerprint density at radius 2 is 1.74 bits per heavy atom. The first kappa shape index (κ1) is 14.9. The summed E-state index contributed by atoms with van der Waals surface area (Å²) in [5.41, 5.74) is 5.09. The van der Waals surface area contributed by atoms with Crippen LogP contribution in [0.2, 0.25) is 0 Å². The number of benzene rings is 1. The van der Waals surface area contributed by atoms with Gasteiger partial charge < -0.3 is 11.1 Å². The second-order valence-electron chi connectivity index (χ2n) is 3.75. The van der Waals surface area contributed by atoms with Crippen LogP contribution in [0.15, 0.2) is 24.3 Å². The fourth-order valence-electron chi connectivity index (χ4n) is 1.37. The zero-order chi connectivity index (χ0) is 14.6. The monoisotopic (exact) mass is 278 g/mol. The maximum Gasteiger partial charge on any atom is 0.397 e. The SMILES string of the molecule is NC(=O)C(NC(=O)CC(F)(F)F)c1ccc(F)cc1. The van der Waals surface area contributed by atoms with Crippen molar-refractivity contribution in [2.45, 2.75) is 18.6 Å². The van der Waals surface area contributed by atoms with Crippen molar-refractivity contribution in [1.82, 2.24) is 5.32 Å². The highest BCUT2D eigenvalue weighted by Gasteiger charge is 2.33. The van der Waals surface area contributed by atoms with E-state index in [0.29, 0.717) is 0 Å². The number of primary amides is 1. The minimum absolute atomic E-state index is 0.101. The standard InChI is InChI=1S/C11H10F4N2O2/c12-7-3-1-6(2-4-7)9(10(16)19)17-8(18)5-11(13,14)15/h1-4,9H,5H2,(H2,16,19)(H,17,18). The molecule has 1 unspecified atom stereocenters. The third-order valence-corrected chi connectivity index (χ3v) is 2.15. The molecule has 1 rings (SSSR count). The molecule has 0 radical (unpaired) electrons. The summed E-state index contributed by atoms with van der Waals surface area (Å²) in [4.78, 5) is 22.2. The van der Waals surface area contributed by atoms with Crippen LogP contribution in [0.3, 0.4) is 0 Å². The molecule has 1 aromatic carbocycles. The fraction of sp³-hybridized carbons (Fsp3) is 0.273. The van der Waals surface area contributed by atoms with Crippen LogP contribution in [0.1, 0.15) is 18.0 Å². The first-order valence-corrected chi connectivity index (χ1v) is 5.10. The summed E-state index contributed by atoms with van der Waals surface area (Å²) in [6.45, 7) is 0. The van der Waals surface area contributed by atoms with Crippen molar-refractivity contribution in [2.24, 2.45) is 5.73 Å². The van der Waals surface area contributed by atoms with E-state index in [1.807, 2.05) is 5.32 Å². The van der Waals surface area contributed by atoms with E-state index in [1.165, 1.54) is 0 Å². The number of carbonyl (C=O) groups excluding carboxylic acids is 2. The van der Waals surface area contributed by atoms with Crippen LogP contribution >= 0.6 is 0 Å². The number of carbonyl (C=O) groups is 2. The van der Waals surface area contributed by atoms with E-state index in [-0.39, 0.29) is 5.56 Å². The van der Waals surface area contributed by atoms with Crippen molar-refractivity contribution in [3.05, 3.63) is 35.6 Å². The number of hydrogen-bond acceptors (Lipinski definition) is 2. The second kappa shape index (κ2) is 5.68. The van der Waals surface area contributed by atoms with E-state index in [1.54, 1.807) is 0 Å². The molecule has 2 amide bonds. The molecule has 0 bridgehead atoms. The Labute approximate surface area is 105 Å². The molecule has 0 aliphatic heterocycles. The third kappa shape index (κ3) is 4.94. The van der Waals surface area contributed by atoms with Crippen molar-refractivity contribution in [1.29, 1.82) is 0 Å². The predicted molar refractivity (Wildman–Crippen MR) is 57.2 cm³/mol. The maximum absolute atomic E-state index is 12.7. The Bertz CT molecular complexity index is 471. The molecule has 0 fully saturated rings. The Morgan fingerprint density at radius 3 is 2.16 bits per heavy atom. The highest BCUT2D eigenvalue weighted by Crippen LogP contribution is 2.20. The van der Waals surface area contributed by atoms with Gasteiger partial charge in [-0.25, -0.2) is 4.39 Å². The molecule has 0 aliphatic carbocycles. The molecule has 3 N–H and O–H groups in total. The van der Waals surface area contributed by atoms with Crippen LogP contribution in [0.25, 0.3) is 0 Å². The summed E-state index contributed by atoms with van der Waals surface area (Å²) < 4.78 is 48.6. The molecular weight excluding hydrogens is 268 g/mol. The number of hydrogen-bond donors (Lipinski definition) is 2. The van der Waals surface area contributed by atoms with Gasteiger partial charge in [0.1, 0.15) is 18.3 Å². The number of amides is 2. The van der Waals surface area contributed by atoms with Gasteiger partial charge in [-0.05, 0) is 17.7 Å². The number of halogens is 4. The van der Waals surface area contributed by atoms with E-state index < -0.39 is 36.3 Å². The van der Waals surface area contributed by atoms with Gasteiger partial charge in [-0.3, -0.25) is 9.59 Å². The van der Waals surface area contributed by atoms with Crippen LogP contribution in [0.4, 0.5) is 17.6 Å². The lowest BCUT2D eigenvalue weighted by Gasteiger charge is -2.16. The van der Waals surface area contributed by atoms with Crippen molar-refractivity contribution >= 4 is 11.8 Å². The molecule has 1 atom stereocenters. The van der Waals surface area contributed by atoms with E-state index in [4.69, 9.17) is 5.73 Å². The average Bonchev–Trinajstić information content (AvgIpc) is 2.24. The van der Waals surface area contributed by atoms with Gasteiger partial charge in [0.25, 0.3) is 0 Å². The molecular formula is C11H10F4N2O2. The Balaban J connectivity index is 2.82. The van der Waals surface area contributed by atoms with E-state index in [0.717, 1.165) is 24.3 Å². The summed E-state index contributed by atoms with van der Waals surface area (Å²) in [7, 11) is 0. The lowest BCUT2D eigenvalue weighted by Crippen LogP contribution is -2.39. The molecule has 104 valence electrons. The fourth-order valence-corrected chi connectivity index (χ4v) is 1.37. The Morgan fingerprint density at radius 1 is 1.21 bits per heavy atom. The van der Waals surface area contributed by atoms with E-state index in [2.05, 4.69) is 0 Å². The average molecular weight is 278 g/mol. The molecule has 0 saturated carbocycles. The summed E-state index contributed by atoms with van der Waals surface area (Å²) >= 11 is 0. The molecule has 4 nitrogen and oxygen atoms in total. The van der Waals surface area contributed by atoms with Crippen molar-refractivity contribution < 1.29 is 27.2 Å². The first-order valence-electron chi connectivity index (χ1n) is 5.10. The molecule has 0 aromatic heterocycles. The highest BCUT2D eigenvalue weighted by molar-refractivity contribution is 5.87. The molecule has 19 heavy (non-hydrogen) atoms. The minimum atomic E-state index is -4.69. The Kier molecular flexibility index (Phi) is 4.47. The largest absolute Gasteiger partial charge is 0.397 e. The number of alkyl halides is 3.